The van der Waals surface area contributed by atoms with E-state index in [0.717, 1.165) is 25.7 Å². The van der Waals surface area contributed by atoms with E-state index < -0.39 is 6.61 Å². The van der Waals surface area contributed by atoms with Crippen molar-refractivity contribution in [2.45, 2.75) is 45.9 Å². The summed E-state index contributed by atoms with van der Waals surface area (Å²) in [7, 11) is 1.68. The summed E-state index contributed by atoms with van der Waals surface area (Å²) in [6, 6.07) is 5.83. The SMILES string of the molecule is CCOc1cccc(CNC(=NC)NCCN(CC)C2CC2)c1OC(F)F. The molecule has 0 amide bonds. The lowest BCUT2D eigenvalue weighted by molar-refractivity contribution is -0.0520. The second-order valence-electron chi connectivity index (χ2n) is 6.27. The van der Waals surface area contributed by atoms with Crippen molar-refractivity contribution >= 4 is 5.96 Å². The number of hydrogen-bond donors (Lipinski definition) is 2. The Morgan fingerprint density at radius 1 is 1.30 bits per heavy atom. The summed E-state index contributed by atoms with van der Waals surface area (Å²) in [4.78, 5) is 6.64. The fourth-order valence-electron chi connectivity index (χ4n) is 2.95. The van der Waals surface area contributed by atoms with Gasteiger partial charge < -0.3 is 20.1 Å². The summed E-state index contributed by atoms with van der Waals surface area (Å²) in [5.41, 5.74) is 0.581. The van der Waals surface area contributed by atoms with Crippen LogP contribution >= 0.6 is 0 Å². The van der Waals surface area contributed by atoms with Gasteiger partial charge in [-0.3, -0.25) is 9.89 Å². The lowest BCUT2D eigenvalue weighted by Crippen LogP contribution is -2.41. The summed E-state index contributed by atoms with van der Waals surface area (Å²) >= 11 is 0. The quantitative estimate of drug-likeness (QED) is 0.454. The van der Waals surface area contributed by atoms with E-state index in [1.165, 1.54) is 12.8 Å². The Bertz CT molecular complexity index is 609. The first-order valence-electron chi connectivity index (χ1n) is 9.47. The lowest BCUT2D eigenvalue weighted by atomic mass is 10.2. The molecular weight excluding hydrogens is 354 g/mol. The number of guanidine groups is 1. The van der Waals surface area contributed by atoms with Crippen molar-refractivity contribution in [2.24, 2.45) is 4.99 Å². The van der Waals surface area contributed by atoms with E-state index in [9.17, 15) is 8.78 Å². The van der Waals surface area contributed by atoms with Crippen LogP contribution in [0.25, 0.3) is 0 Å². The minimum Gasteiger partial charge on any atom is -0.490 e. The Kier molecular flexibility index (Phi) is 8.57. The summed E-state index contributed by atoms with van der Waals surface area (Å²) in [5, 5.41) is 6.41. The van der Waals surface area contributed by atoms with Gasteiger partial charge in [-0.05, 0) is 32.4 Å². The number of para-hydroxylation sites is 1. The first-order chi connectivity index (χ1) is 13.1. The van der Waals surface area contributed by atoms with E-state index in [-0.39, 0.29) is 5.75 Å². The van der Waals surface area contributed by atoms with Crippen molar-refractivity contribution in [3.05, 3.63) is 23.8 Å². The van der Waals surface area contributed by atoms with Crippen LogP contribution in [0.5, 0.6) is 11.5 Å². The molecule has 152 valence electrons. The van der Waals surface area contributed by atoms with Gasteiger partial charge in [0.1, 0.15) is 0 Å². The van der Waals surface area contributed by atoms with Crippen LogP contribution in [-0.2, 0) is 6.54 Å². The maximum absolute atomic E-state index is 12.8. The highest BCUT2D eigenvalue weighted by molar-refractivity contribution is 5.79. The second-order valence-corrected chi connectivity index (χ2v) is 6.27. The first kappa shape index (κ1) is 21.2. The zero-order chi connectivity index (χ0) is 19.6. The zero-order valence-corrected chi connectivity index (χ0v) is 16.3. The molecule has 27 heavy (non-hydrogen) atoms. The number of halogens is 2. The van der Waals surface area contributed by atoms with Crippen molar-refractivity contribution in [1.82, 2.24) is 15.5 Å². The minimum absolute atomic E-state index is 0.0585. The first-order valence-corrected chi connectivity index (χ1v) is 9.47. The van der Waals surface area contributed by atoms with Gasteiger partial charge in [-0.2, -0.15) is 8.78 Å². The number of alkyl halides is 2. The van der Waals surface area contributed by atoms with Crippen LogP contribution in [-0.4, -0.2) is 56.8 Å². The molecule has 0 saturated heterocycles. The third-order valence-electron chi connectivity index (χ3n) is 4.40. The third-order valence-corrected chi connectivity index (χ3v) is 4.40. The normalized spacial score (nSPS) is 14.6. The Hall–Kier alpha value is -2.09. The van der Waals surface area contributed by atoms with Crippen molar-refractivity contribution in [1.29, 1.82) is 0 Å². The fourth-order valence-corrected chi connectivity index (χ4v) is 2.95. The van der Waals surface area contributed by atoms with Crippen molar-refractivity contribution < 1.29 is 18.3 Å². The van der Waals surface area contributed by atoms with Crippen LogP contribution in [0.15, 0.2) is 23.2 Å². The van der Waals surface area contributed by atoms with Crippen LogP contribution in [0, 0.1) is 0 Å². The van der Waals surface area contributed by atoms with E-state index in [0.29, 0.717) is 30.4 Å². The molecule has 6 nitrogen and oxygen atoms in total. The Labute approximate surface area is 159 Å². The van der Waals surface area contributed by atoms with Gasteiger partial charge in [0.05, 0.1) is 6.61 Å². The number of benzene rings is 1. The smallest absolute Gasteiger partial charge is 0.387 e. The molecule has 1 saturated carbocycles. The molecule has 1 aromatic rings. The average Bonchev–Trinajstić information content (AvgIpc) is 3.48. The maximum atomic E-state index is 12.8. The van der Waals surface area contributed by atoms with Gasteiger partial charge in [0.25, 0.3) is 0 Å². The highest BCUT2D eigenvalue weighted by Crippen LogP contribution is 2.32. The fraction of sp³-hybridized carbons (Fsp3) is 0.632. The predicted molar refractivity (Wildman–Crippen MR) is 103 cm³/mol. The van der Waals surface area contributed by atoms with Gasteiger partial charge in [-0.25, -0.2) is 0 Å². The van der Waals surface area contributed by atoms with E-state index in [2.05, 4.69) is 27.4 Å². The standard InChI is InChI=1S/C19H30F2N4O2/c1-4-25(15-9-10-15)12-11-23-19(22-3)24-13-14-7-6-8-16(26-5-2)17(14)27-18(20)21/h6-8,15,18H,4-5,9-13H2,1-3H3,(H2,22,23,24). The molecule has 0 spiro atoms. The Morgan fingerprint density at radius 2 is 2.07 bits per heavy atom. The average molecular weight is 384 g/mol. The Morgan fingerprint density at radius 3 is 2.67 bits per heavy atom. The molecule has 1 fully saturated rings. The van der Waals surface area contributed by atoms with Crippen molar-refractivity contribution in [3.8, 4) is 11.5 Å². The molecule has 0 aliphatic heterocycles. The van der Waals surface area contributed by atoms with Crippen LogP contribution < -0.4 is 20.1 Å². The molecular formula is C19H30F2N4O2. The van der Waals surface area contributed by atoms with Crippen LogP contribution in [0.4, 0.5) is 8.78 Å². The highest BCUT2D eigenvalue weighted by atomic mass is 19.3. The van der Waals surface area contributed by atoms with E-state index >= 15 is 0 Å². The molecule has 0 radical (unpaired) electrons. The third kappa shape index (κ3) is 6.86. The maximum Gasteiger partial charge on any atom is 0.387 e. The number of nitrogens with one attached hydrogen (secondary N) is 2. The monoisotopic (exact) mass is 384 g/mol. The summed E-state index contributed by atoms with van der Waals surface area (Å²) in [5.74, 6) is 0.984. The van der Waals surface area contributed by atoms with Gasteiger partial charge in [0.2, 0.25) is 0 Å². The molecule has 0 heterocycles. The van der Waals surface area contributed by atoms with E-state index in [1.807, 2.05) is 0 Å². The molecule has 0 unspecified atom stereocenters. The second kappa shape index (κ2) is 10.9. The minimum atomic E-state index is -2.91. The molecule has 0 atom stereocenters. The molecule has 0 aromatic heterocycles. The van der Waals surface area contributed by atoms with Gasteiger partial charge >= 0.3 is 6.61 Å². The Balaban J connectivity index is 1.91. The van der Waals surface area contributed by atoms with E-state index in [1.54, 1.807) is 32.2 Å². The summed E-state index contributed by atoms with van der Waals surface area (Å²) in [6.07, 6.45) is 2.56. The molecule has 1 aliphatic rings. The molecule has 2 N–H and O–H groups in total. The van der Waals surface area contributed by atoms with E-state index in [4.69, 9.17) is 9.47 Å². The molecule has 2 rings (SSSR count). The van der Waals surface area contributed by atoms with Gasteiger partial charge in [-0.1, -0.05) is 19.1 Å². The largest absolute Gasteiger partial charge is 0.490 e. The van der Waals surface area contributed by atoms with Gasteiger partial charge in [-0.15, -0.1) is 0 Å². The molecule has 1 aromatic carbocycles. The number of likely N-dealkylation sites (N-methyl/N-ethyl adjacent to an activating group) is 1. The molecule has 8 heteroatoms. The number of hydrogen-bond acceptors (Lipinski definition) is 4. The van der Waals surface area contributed by atoms with Crippen LogP contribution in [0.1, 0.15) is 32.3 Å². The van der Waals surface area contributed by atoms with Crippen molar-refractivity contribution in [2.75, 3.05) is 33.3 Å². The number of rotatable bonds is 11. The topological polar surface area (TPSA) is 58.1 Å². The molecule has 1 aliphatic carbocycles. The summed E-state index contributed by atoms with van der Waals surface area (Å²) < 4.78 is 35.7. The molecule has 0 bridgehead atoms. The predicted octanol–water partition coefficient (Wildman–Crippen LogP) is 2.84. The van der Waals surface area contributed by atoms with Crippen LogP contribution in [0.3, 0.4) is 0 Å². The number of nitrogens with zero attached hydrogens (tertiary/aromatic N) is 2. The summed E-state index contributed by atoms with van der Waals surface area (Å²) in [6.45, 7) is 4.47. The van der Waals surface area contributed by atoms with Crippen LogP contribution in [0.2, 0.25) is 0 Å². The van der Waals surface area contributed by atoms with Gasteiger partial charge in [0, 0.05) is 38.3 Å². The zero-order valence-electron chi connectivity index (χ0n) is 16.3. The lowest BCUT2D eigenvalue weighted by Gasteiger charge is -2.21. The highest BCUT2D eigenvalue weighted by Gasteiger charge is 2.27. The number of ether oxygens (including phenoxy) is 2. The van der Waals surface area contributed by atoms with Gasteiger partial charge in [0.15, 0.2) is 17.5 Å². The number of aliphatic imine (C=N–C) groups is 1. The van der Waals surface area contributed by atoms with Crippen molar-refractivity contribution in [3.63, 3.8) is 0 Å².